The van der Waals surface area contributed by atoms with Crippen molar-refractivity contribution in [2.45, 2.75) is 0 Å². The molecule has 0 N–H and O–H groups in total. The zero-order valence-corrected chi connectivity index (χ0v) is 31.5. The Morgan fingerprint density at radius 2 is 0.965 bits per heavy atom. The Bertz CT molecular complexity index is 3430. The summed E-state index contributed by atoms with van der Waals surface area (Å²) in [4.78, 5) is 9.38. The molecule has 0 saturated heterocycles. The molecule has 0 radical (unpaired) electrons. The molecule has 0 aliphatic rings. The SMILES string of the molecule is c1ccc(-n2c3ccccc3c3c4sc5ccc6c7ccccc7n(-c7ccc(-c8cc(-c9ccccn9)cc(-c9ccccn9)c8)cc7)c6c5c4ccc32)cc1. The van der Waals surface area contributed by atoms with Crippen molar-refractivity contribution >= 4 is 75.1 Å². The highest BCUT2D eigenvalue weighted by Gasteiger charge is 2.22. The van der Waals surface area contributed by atoms with Crippen molar-refractivity contribution < 1.29 is 0 Å². The van der Waals surface area contributed by atoms with E-state index in [1.807, 2.05) is 48.0 Å². The standard InChI is InChI=1S/C52H32N4S/c1-2-12-37(13-3-1)55-46-19-7-5-15-41(46)49-47(55)26-24-42-50-48(57-52(42)49)27-25-40-39-14-4-6-18-45(39)56(51(40)50)38-22-20-33(21-23-38)34-30-35(43-16-8-10-28-53-43)32-36(31-34)44-17-9-11-29-54-44/h1-32H. The minimum Gasteiger partial charge on any atom is -0.309 e. The maximum Gasteiger partial charge on any atom is 0.0702 e. The van der Waals surface area contributed by atoms with E-state index in [1.54, 1.807) is 0 Å². The van der Waals surface area contributed by atoms with Gasteiger partial charge in [-0.25, -0.2) is 0 Å². The summed E-state index contributed by atoms with van der Waals surface area (Å²) < 4.78 is 7.50. The third-order valence-corrected chi connectivity index (χ3v) is 12.6. The number of benzene rings is 7. The molecule has 0 unspecified atom stereocenters. The number of para-hydroxylation sites is 3. The van der Waals surface area contributed by atoms with Gasteiger partial charge in [-0.2, -0.15) is 0 Å². The van der Waals surface area contributed by atoms with Crippen LogP contribution in [0.5, 0.6) is 0 Å². The van der Waals surface area contributed by atoms with Gasteiger partial charge in [-0.15, -0.1) is 11.3 Å². The van der Waals surface area contributed by atoms with Crippen molar-refractivity contribution in [2.75, 3.05) is 0 Å². The van der Waals surface area contributed by atoms with Crippen molar-refractivity contribution in [1.82, 2.24) is 19.1 Å². The fourth-order valence-electron chi connectivity index (χ4n) is 8.91. The molecule has 5 heteroatoms. The zero-order valence-electron chi connectivity index (χ0n) is 30.7. The highest BCUT2D eigenvalue weighted by Crippen LogP contribution is 2.47. The Morgan fingerprint density at radius 3 is 1.67 bits per heavy atom. The normalized spacial score (nSPS) is 11.9. The molecule has 12 aromatic rings. The number of thiophene rings is 1. The summed E-state index contributed by atoms with van der Waals surface area (Å²) in [6.07, 6.45) is 3.70. The van der Waals surface area contributed by atoms with E-state index in [9.17, 15) is 0 Å². The van der Waals surface area contributed by atoms with E-state index in [0.717, 1.165) is 39.3 Å². The number of aromatic nitrogens is 4. The lowest BCUT2D eigenvalue weighted by atomic mass is 9.96. The smallest absolute Gasteiger partial charge is 0.0702 e. The first-order chi connectivity index (χ1) is 28.3. The van der Waals surface area contributed by atoms with Crippen molar-refractivity contribution in [2.24, 2.45) is 0 Å². The number of pyridine rings is 2. The molecule has 0 saturated carbocycles. The van der Waals surface area contributed by atoms with Crippen LogP contribution in [0.4, 0.5) is 0 Å². The molecule has 12 rings (SSSR count). The number of nitrogens with zero attached hydrogens (tertiary/aromatic N) is 4. The Kier molecular flexibility index (Phi) is 7.06. The minimum absolute atomic E-state index is 0.937. The average Bonchev–Trinajstić information content (AvgIpc) is 3.95. The van der Waals surface area contributed by atoms with E-state index >= 15 is 0 Å². The van der Waals surface area contributed by atoms with Crippen molar-refractivity contribution in [3.63, 3.8) is 0 Å². The molecule has 0 bridgehead atoms. The van der Waals surface area contributed by atoms with Crippen LogP contribution in [0.2, 0.25) is 0 Å². The van der Waals surface area contributed by atoms with E-state index in [1.165, 1.54) is 69.5 Å². The molecule has 0 spiro atoms. The van der Waals surface area contributed by atoms with Gasteiger partial charge in [0.2, 0.25) is 0 Å². The van der Waals surface area contributed by atoms with Gasteiger partial charge in [0.15, 0.2) is 0 Å². The Morgan fingerprint density at radius 1 is 0.368 bits per heavy atom. The number of rotatable bonds is 5. The average molecular weight is 745 g/mol. The van der Waals surface area contributed by atoms with Crippen LogP contribution < -0.4 is 0 Å². The monoisotopic (exact) mass is 744 g/mol. The fraction of sp³-hybridized carbons (Fsp3) is 0. The van der Waals surface area contributed by atoms with Crippen LogP contribution in [0.15, 0.2) is 194 Å². The van der Waals surface area contributed by atoms with E-state index in [4.69, 9.17) is 0 Å². The Balaban J connectivity index is 1.08. The van der Waals surface area contributed by atoms with E-state index in [-0.39, 0.29) is 0 Å². The molecule has 5 heterocycles. The molecule has 0 aliphatic carbocycles. The number of fused-ring (bicyclic) bond motifs is 11. The second-order valence-corrected chi connectivity index (χ2v) is 15.6. The molecule has 5 aromatic heterocycles. The summed E-state index contributed by atoms with van der Waals surface area (Å²) in [6, 6.07) is 65.5. The lowest BCUT2D eigenvalue weighted by Gasteiger charge is -2.12. The molecule has 0 atom stereocenters. The lowest BCUT2D eigenvalue weighted by molar-refractivity contribution is 1.18. The van der Waals surface area contributed by atoms with Crippen molar-refractivity contribution in [3.8, 4) is 45.0 Å². The summed E-state index contributed by atoms with van der Waals surface area (Å²) in [5.41, 5.74) is 13.5. The Hall–Kier alpha value is -7.34. The maximum absolute atomic E-state index is 4.69. The third-order valence-electron chi connectivity index (χ3n) is 11.4. The number of hydrogen-bond acceptors (Lipinski definition) is 3. The summed E-state index contributed by atoms with van der Waals surface area (Å²) in [5, 5.41) is 7.69. The molecule has 0 amide bonds. The first kappa shape index (κ1) is 32.0. The highest BCUT2D eigenvalue weighted by atomic mass is 32.1. The summed E-state index contributed by atoms with van der Waals surface area (Å²) in [6.45, 7) is 0. The molecule has 266 valence electrons. The molecule has 0 fully saturated rings. The predicted octanol–water partition coefficient (Wildman–Crippen LogP) is 14.0. The second kappa shape index (κ2) is 12.6. The molecule has 0 aliphatic heterocycles. The van der Waals surface area contributed by atoms with Crippen LogP contribution in [0.3, 0.4) is 0 Å². The van der Waals surface area contributed by atoms with E-state index in [2.05, 4.69) is 177 Å². The van der Waals surface area contributed by atoms with E-state index in [0.29, 0.717) is 0 Å². The molecule has 4 nitrogen and oxygen atoms in total. The first-order valence-electron chi connectivity index (χ1n) is 19.2. The summed E-state index contributed by atoms with van der Waals surface area (Å²) >= 11 is 1.90. The van der Waals surface area contributed by atoms with Crippen LogP contribution in [-0.2, 0) is 0 Å². The second-order valence-electron chi connectivity index (χ2n) is 14.6. The van der Waals surface area contributed by atoms with Crippen LogP contribution >= 0.6 is 11.3 Å². The quantitative estimate of drug-likeness (QED) is 0.176. The molecule has 7 aromatic carbocycles. The maximum atomic E-state index is 4.69. The number of hydrogen-bond donors (Lipinski definition) is 0. The van der Waals surface area contributed by atoms with Gasteiger partial charge in [-0.05, 0) is 102 Å². The van der Waals surface area contributed by atoms with Gasteiger partial charge >= 0.3 is 0 Å². The summed E-state index contributed by atoms with van der Waals surface area (Å²) in [5.74, 6) is 0. The third kappa shape index (κ3) is 4.93. The van der Waals surface area contributed by atoms with Crippen LogP contribution in [0.1, 0.15) is 0 Å². The van der Waals surface area contributed by atoms with Crippen molar-refractivity contribution in [1.29, 1.82) is 0 Å². The highest BCUT2D eigenvalue weighted by molar-refractivity contribution is 7.27. The van der Waals surface area contributed by atoms with Gasteiger partial charge in [0.1, 0.15) is 0 Å². The van der Waals surface area contributed by atoms with Gasteiger partial charge in [-0.1, -0.05) is 91.0 Å². The molecular weight excluding hydrogens is 713 g/mol. The topological polar surface area (TPSA) is 35.6 Å². The van der Waals surface area contributed by atoms with Crippen molar-refractivity contribution in [3.05, 3.63) is 194 Å². The minimum atomic E-state index is 0.937. The Labute approximate surface area is 332 Å². The summed E-state index contributed by atoms with van der Waals surface area (Å²) in [7, 11) is 0. The zero-order chi connectivity index (χ0) is 37.5. The molecular formula is C52H32N4S. The predicted molar refractivity (Wildman–Crippen MR) is 240 cm³/mol. The first-order valence-corrected chi connectivity index (χ1v) is 20.0. The van der Waals surface area contributed by atoms with E-state index < -0.39 is 0 Å². The fourth-order valence-corrected chi connectivity index (χ4v) is 10.2. The van der Waals surface area contributed by atoms with Gasteiger partial charge in [0.05, 0.1) is 33.5 Å². The van der Waals surface area contributed by atoms with Gasteiger partial charge in [-0.3, -0.25) is 9.97 Å². The van der Waals surface area contributed by atoms with Crippen LogP contribution in [0.25, 0.3) is 109 Å². The largest absolute Gasteiger partial charge is 0.309 e. The van der Waals surface area contributed by atoms with Gasteiger partial charge in [0, 0.05) is 76.6 Å². The lowest BCUT2D eigenvalue weighted by Crippen LogP contribution is -1.94. The van der Waals surface area contributed by atoms with Crippen LogP contribution in [0, 0.1) is 0 Å². The van der Waals surface area contributed by atoms with Crippen LogP contribution in [-0.4, -0.2) is 19.1 Å². The van der Waals surface area contributed by atoms with Gasteiger partial charge < -0.3 is 9.13 Å². The van der Waals surface area contributed by atoms with Gasteiger partial charge in [0.25, 0.3) is 0 Å². The molecule has 57 heavy (non-hydrogen) atoms.